The standard InChI is InChI=1S/C25H33FN4O2/c1-25(2)9-8-16-19(10-14-6-7-14)29-30(21(16)13-25)15-11-17(26)23(24(27)32)20(12-15)28-18-4-3-5-22(18)31/h11-12,14,18,22,28,31H,3-10,13H2,1-2H3,(H2,27,32)/t18-,22-/m0/s1. The van der Waals surface area contributed by atoms with Gasteiger partial charge in [0, 0.05) is 11.8 Å². The number of hydrogen-bond acceptors (Lipinski definition) is 4. The average molecular weight is 441 g/mol. The lowest BCUT2D eigenvalue weighted by molar-refractivity contribution is 0.0997. The van der Waals surface area contributed by atoms with Crippen LogP contribution in [0, 0.1) is 17.2 Å². The van der Waals surface area contributed by atoms with Crippen LogP contribution in [-0.4, -0.2) is 32.9 Å². The molecule has 0 saturated heterocycles. The van der Waals surface area contributed by atoms with E-state index in [2.05, 4.69) is 19.2 Å². The van der Waals surface area contributed by atoms with E-state index in [1.54, 1.807) is 6.07 Å². The molecule has 6 nitrogen and oxygen atoms in total. The van der Waals surface area contributed by atoms with Crippen molar-refractivity contribution in [3.8, 4) is 5.69 Å². The van der Waals surface area contributed by atoms with Gasteiger partial charge in [0.15, 0.2) is 0 Å². The number of carbonyl (C=O) groups is 1. The van der Waals surface area contributed by atoms with Crippen LogP contribution in [0.5, 0.6) is 0 Å². The largest absolute Gasteiger partial charge is 0.391 e. The molecule has 2 aromatic rings. The summed E-state index contributed by atoms with van der Waals surface area (Å²) in [4.78, 5) is 12.1. The summed E-state index contributed by atoms with van der Waals surface area (Å²) in [6.07, 6.45) is 8.31. The van der Waals surface area contributed by atoms with Crippen LogP contribution in [0.4, 0.5) is 10.1 Å². The van der Waals surface area contributed by atoms with Crippen molar-refractivity contribution in [1.29, 1.82) is 0 Å². The molecule has 1 heterocycles. The van der Waals surface area contributed by atoms with Gasteiger partial charge in [0.2, 0.25) is 0 Å². The molecule has 5 rings (SSSR count). The van der Waals surface area contributed by atoms with E-state index in [0.29, 0.717) is 23.7 Å². The van der Waals surface area contributed by atoms with E-state index in [1.165, 1.54) is 24.5 Å². The Balaban J connectivity index is 1.59. The lowest BCUT2D eigenvalue weighted by atomic mass is 9.76. The van der Waals surface area contributed by atoms with Gasteiger partial charge < -0.3 is 16.2 Å². The topological polar surface area (TPSA) is 93.2 Å². The van der Waals surface area contributed by atoms with Gasteiger partial charge in [-0.05, 0) is 80.8 Å². The Morgan fingerprint density at radius 2 is 2.09 bits per heavy atom. The van der Waals surface area contributed by atoms with E-state index in [1.807, 2.05) is 4.68 Å². The highest BCUT2D eigenvalue weighted by Gasteiger charge is 2.34. The molecule has 1 aromatic heterocycles. The molecule has 2 fully saturated rings. The second-order valence-corrected chi connectivity index (χ2v) is 10.7. The molecule has 2 atom stereocenters. The highest BCUT2D eigenvalue weighted by molar-refractivity contribution is 5.99. The fourth-order valence-electron chi connectivity index (χ4n) is 5.37. The summed E-state index contributed by atoms with van der Waals surface area (Å²) in [5.74, 6) is -0.762. The van der Waals surface area contributed by atoms with Crippen molar-refractivity contribution in [3.05, 3.63) is 40.5 Å². The van der Waals surface area contributed by atoms with Crippen LogP contribution in [0.1, 0.15) is 79.7 Å². The Labute approximate surface area is 188 Å². The maximum atomic E-state index is 15.2. The van der Waals surface area contributed by atoms with Gasteiger partial charge in [-0.15, -0.1) is 0 Å². The maximum absolute atomic E-state index is 15.2. The number of carbonyl (C=O) groups excluding carboxylic acids is 1. The minimum absolute atomic E-state index is 0.155. The Hall–Kier alpha value is -2.41. The van der Waals surface area contributed by atoms with Crippen molar-refractivity contribution in [2.45, 2.75) is 83.8 Å². The zero-order valence-electron chi connectivity index (χ0n) is 19.0. The third kappa shape index (κ3) is 4.03. The molecule has 0 spiro atoms. The molecule has 172 valence electrons. The minimum atomic E-state index is -0.818. The highest BCUT2D eigenvalue weighted by atomic mass is 19.1. The molecule has 7 heteroatoms. The van der Waals surface area contributed by atoms with E-state index in [9.17, 15) is 9.90 Å². The lowest BCUT2D eigenvalue weighted by Crippen LogP contribution is -2.30. The Kier molecular flexibility index (Phi) is 5.27. The van der Waals surface area contributed by atoms with Crippen molar-refractivity contribution in [1.82, 2.24) is 9.78 Å². The van der Waals surface area contributed by atoms with Crippen molar-refractivity contribution >= 4 is 11.6 Å². The number of benzene rings is 1. The van der Waals surface area contributed by atoms with Gasteiger partial charge in [0.05, 0.1) is 34.8 Å². The van der Waals surface area contributed by atoms with Gasteiger partial charge in [-0.2, -0.15) is 5.10 Å². The summed E-state index contributed by atoms with van der Waals surface area (Å²) < 4.78 is 17.1. The molecule has 0 aliphatic heterocycles. The maximum Gasteiger partial charge on any atom is 0.253 e. The smallest absolute Gasteiger partial charge is 0.253 e. The molecule has 32 heavy (non-hydrogen) atoms. The Morgan fingerprint density at radius 3 is 2.75 bits per heavy atom. The molecular formula is C25H33FN4O2. The predicted molar refractivity (Wildman–Crippen MR) is 122 cm³/mol. The lowest BCUT2D eigenvalue weighted by Gasteiger charge is -2.30. The second kappa shape index (κ2) is 7.87. The zero-order chi connectivity index (χ0) is 22.6. The second-order valence-electron chi connectivity index (χ2n) is 10.7. The van der Waals surface area contributed by atoms with Crippen LogP contribution >= 0.6 is 0 Å². The van der Waals surface area contributed by atoms with Crippen molar-refractivity contribution in [3.63, 3.8) is 0 Å². The number of nitrogens with zero attached hydrogens (tertiary/aromatic N) is 2. The number of anilines is 1. The summed E-state index contributed by atoms with van der Waals surface area (Å²) in [6.45, 7) is 4.53. The molecule has 3 aliphatic rings. The van der Waals surface area contributed by atoms with E-state index < -0.39 is 17.8 Å². The number of halogens is 1. The molecule has 2 saturated carbocycles. The Bertz CT molecular complexity index is 1060. The van der Waals surface area contributed by atoms with Crippen LogP contribution in [0.15, 0.2) is 12.1 Å². The number of aromatic nitrogens is 2. The van der Waals surface area contributed by atoms with Crippen LogP contribution in [0.2, 0.25) is 0 Å². The van der Waals surface area contributed by atoms with E-state index >= 15 is 4.39 Å². The predicted octanol–water partition coefficient (Wildman–Crippen LogP) is 3.90. The summed E-state index contributed by atoms with van der Waals surface area (Å²) in [5, 5.41) is 18.4. The first kappa shape index (κ1) is 21.4. The number of amides is 1. The molecule has 4 N–H and O–H groups in total. The molecule has 1 aromatic carbocycles. The van der Waals surface area contributed by atoms with Gasteiger partial charge >= 0.3 is 0 Å². The summed E-state index contributed by atoms with van der Waals surface area (Å²) >= 11 is 0. The Morgan fingerprint density at radius 1 is 1.31 bits per heavy atom. The molecule has 1 amide bonds. The number of rotatable bonds is 6. The molecule has 0 unspecified atom stereocenters. The number of hydrogen-bond donors (Lipinski definition) is 3. The number of nitrogens with one attached hydrogen (secondary N) is 1. The van der Waals surface area contributed by atoms with E-state index in [0.717, 1.165) is 49.9 Å². The normalized spacial score (nSPS) is 24.4. The third-order valence-corrected chi connectivity index (χ3v) is 7.44. The van der Waals surface area contributed by atoms with E-state index in [-0.39, 0.29) is 17.0 Å². The van der Waals surface area contributed by atoms with Gasteiger partial charge in [-0.25, -0.2) is 9.07 Å². The van der Waals surface area contributed by atoms with Crippen molar-refractivity contribution in [2.24, 2.45) is 17.1 Å². The van der Waals surface area contributed by atoms with Gasteiger partial charge in [0.1, 0.15) is 5.82 Å². The minimum Gasteiger partial charge on any atom is -0.391 e. The first-order valence-electron chi connectivity index (χ1n) is 11.9. The summed E-state index contributed by atoms with van der Waals surface area (Å²) in [6, 6.07) is 2.91. The monoisotopic (exact) mass is 440 g/mol. The van der Waals surface area contributed by atoms with Crippen molar-refractivity contribution < 1.29 is 14.3 Å². The van der Waals surface area contributed by atoms with Crippen LogP contribution < -0.4 is 11.1 Å². The highest BCUT2D eigenvalue weighted by Crippen LogP contribution is 2.40. The van der Waals surface area contributed by atoms with Crippen LogP contribution in [0.25, 0.3) is 5.69 Å². The summed E-state index contributed by atoms with van der Waals surface area (Å²) in [5.41, 5.74) is 10.0. The first-order valence-corrected chi connectivity index (χ1v) is 11.9. The van der Waals surface area contributed by atoms with Crippen molar-refractivity contribution in [2.75, 3.05) is 5.32 Å². The third-order valence-electron chi connectivity index (χ3n) is 7.44. The fraction of sp³-hybridized carbons (Fsp3) is 0.600. The molecular weight excluding hydrogens is 407 g/mol. The van der Waals surface area contributed by atoms with Crippen LogP contribution in [-0.2, 0) is 19.3 Å². The quantitative estimate of drug-likeness (QED) is 0.635. The number of fused-ring (bicyclic) bond motifs is 1. The van der Waals surface area contributed by atoms with Crippen LogP contribution in [0.3, 0.4) is 0 Å². The van der Waals surface area contributed by atoms with Gasteiger partial charge in [0.25, 0.3) is 5.91 Å². The number of aliphatic hydroxyl groups is 1. The molecule has 3 aliphatic carbocycles. The average Bonchev–Trinajstić information content (AvgIpc) is 3.34. The zero-order valence-corrected chi connectivity index (χ0v) is 19.0. The number of primary amides is 1. The summed E-state index contributed by atoms with van der Waals surface area (Å²) in [7, 11) is 0. The number of aliphatic hydroxyl groups excluding tert-OH is 1. The number of nitrogens with two attached hydrogens (primary N) is 1. The molecule has 0 bridgehead atoms. The fourth-order valence-corrected chi connectivity index (χ4v) is 5.37. The van der Waals surface area contributed by atoms with E-state index in [4.69, 9.17) is 10.8 Å². The van der Waals surface area contributed by atoms with Gasteiger partial charge in [-0.3, -0.25) is 4.79 Å². The molecule has 0 radical (unpaired) electrons. The van der Waals surface area contributed by atoms with Gasteiger partial charge in [-0.1, -0.05) is 13.8 Å². The SMILES string of the molecule is CC1(C)CCc2c(CC3CC3)nn(-c3cc(F)c(C(N)=O)c(N[C@H]4CCC[C@@H]4O)c3)c2C1. The first-order chi connectivity index (χ1) is 15.2.